The predicted molar refractivity (Wildman–Crippen MR) is 76.8 cm³/mol. The molecular weight excluding hydrogens is 344 g/mol. The van der Waals surface area contributed by atoms with Crippen molar-refractivity contribution in [2.45, 2.75) is 29.8 Å². The number of halogens is 1. The van der Waals surface area contributed by atoms with Gasteiger partial charge in [-0.05, 0) is 41.0 Å². The van der Waals surface area contributed by atoms with Crippen LogP contribution in [0.15, 0.2) is 27.8 Å². The second-order valence-electron chi connectivity index (χ2n) is 4.54. The summed E-state index contributed by atoms with van der Waals surface area (Å²) in [6.07, 6.45) is 2.27. The van der Waals surface area contributed by atoms with Gasteiger partial charge >= 0.3 is 5.97 Å². The number of carbonyl (C=O) groups is 1. The van der Waals surface area contributed by atoms with Gasteiger partial charge in [0.2, 0.25) is 5.16 Å². The van der Waals surface area contributed by atoms with Crippen molar-refractivity contribution < 1.29 is 9.90 Å². The minimum atomic E-state index is -0.928. The van der Waals surface area contributed by atoms with E-state index in [0.29, 0.717) is 11.8 Å². The summed E-state index contributed by atoms with van der Waals surface area (Å²) >= 11 is 4.96. The zero-order valence-corrected chi connectivity index (χ0v) is 12.8. The number of thioether (sulfide) groups is 1. The summed E-state index contributed by atoms with van der Waals surface area (Å²) in [5.74, 6) is -0.240. The van der Waals surface area contributed by atoms with E-state index in [-0.39, 0.29) is 5.56 Å². The summed E-state index contributed by atoms with van der Waals surface area (Å²) in [7, 11) is 0. The third-order valence-electron chi connectivity index (χ3n) is 3.01. The van der Waals surface area contributed by atoms with E-state index in [2.05, 4.69) is 31.5 Å². The van der Waals surface area contributed by atoms with E-state index in [9.17, 15) is 4.79 Å². The maximum absolute atomic E-state index is 10.9. The normalized spacial score (nSPS) is 14.4. The topological polar surface area (TPSA) is 80.9 Å². The quantitative estimate of drug-likeness (QED) is 0.831. The van der Waals surface area contributed by atoms with Gasteiger partial charge in [-0.3, -0.25) is 0 Å². The van der Waals surface area contributed by atoms with Gasteiger partial charge in [0, 0.05) is 10.2 Å². The van der Waals surface area contributed by atoms with Crippen LogP contribution in [0.25, 0.3) is 0 Å². The molecule has 1 aliphatic rings. The molecule has 0 aliphatic heterocycles. The molecule has 6 nitrogen and oxygen atoms in total. The van der Waals surface area contributed by atoms with Crippen LogP contribution in [0.5, 0.6) is 0 Å². The van der Waals surface area contributed by atoms with Crippen LogP contribution in [0.4, 0.5) is 0 Å². The summed E-state index contributed by atoms with van der Waals surface area (Å²) in [5.41, 5.74) is 1.29. The Labute approximate surface area is 127 Å². The summed E-state index contributed by atoms with van der Waals surface area (Å²) < 4.78 is 2.65. The Morgan fingerprint density at radius 3 is 2.95 bits per heavy atom. The van der Waals surface area contributed by atoms with E-state index in [0.717, 1.165) is 28.0 Å². The first kappa shape index (κ1) is 13.6. The van der Waals surface area contributed by atoms with E-state index < -0.39 is 5.97 Å². The largest absolute Gasteiger partial charge is 0.478 e. The summed E-state index contributed by atoms with van der Waals surface area (Å²) in [5, 5.41) is 21.5. The second kappa shape index (κ2) is 5.53. The van der Waals surface area contributed by atoms with Crippen molar-refractivity contribution in [1.82, 2.24) is 20.2 Å². The first-order chi connectivity index (χ1) is 9.65. The highest BCUT2D eigenvalue weighted by molar-refractivity contribution is 9.10. The van der Waals surface area contributed by atoms with Crippen molar-refractivity contribution in [3.8, 4) is 0 Å². The number of tetrazole rings is 1. The fourth-order valence-corrected chi connectivity index (χ4v) is 3.42. The average molecular weight is 355 g/mol. The summed E-state index contributed by atoms with van der Waals surface area (Å²) in [6.45, 7) is 0. The molecule has 1 N–H and O–H groups in total. The zero-order valence-electron chi connectivity index (χ0n) is 10.4. The molecule has 2 aromatic rings. The third-order valence-corrected chi connectivity index (χ3v) is 4.73. The Morgan fingerprint density at radius 1 is 1.50 bits per heavy atom. The molecule has 0 bridgehead atoms. The van der Waals surface area contributed by atoms with Crippen LogP contribution < -0.4 is 0 Å². The van der Waals surface area contributed by atoms with Gasteiger partial charge in [0.1, 0.15) is 0 Å². The lowest BCUT2D eigenvalue weighted by Gasteiger charge is -2.05. The molecule has 1 saturated carbocycles. The number of carboxylic acid groups (broad SMARTS) is 1. The van der Waals surface area contributed by atoms with Gasteiger partial charge < -0.3 is 5.11 Å². The minimum Gasteiger partial charge on any atom is -0.478 e. The van der Waals surface area contributed by atoms with E-state index in [1.807, 2.05) is 10.7 Å². The second-order valence-corrected chi connectivity index (χ2v) is 6.33. The average Bonchev–Trinajstić information content (AvgIpc) is 3.16. The van der Waals surface area contributed by atoms with E-state index in [1.54, 1.807) is 23.9 Å². The molecule has 0 radical (unpaired) electrons. The monoisotopic (exact) mass is 354 g/mol. The van der Waals surface area contributed by atoms with Gasteiger partial charge in [0.25, 0.3) is 0 Å². The highest BCUT2D eigenvalue weighted by Crippen LogP contribution is 2.37. The van der Waals surface area contributed by atoms with Crippen LogP contribution in [0.3, 0.4) is 0 Å². The predicted octanol–water partition coefficient (Wildman–Crippen LogP) is 2.76. The molecule has 0 amide bonds. The Balaban J connectivity index is 1.71. The van der Waals surface area contributed by atoms with Crippen molar-refractivity contribution in [3.63, 3.8) is 0 Å². The fraction of sp³-hybridized carbons (Fsp3) is 0.333. The molecule has 0 spiro atoms. The Bertz CT molecular complexity index is 657. The lowest BCUT2D eigenvalue weighted by atomic mass is 10.1. The maximum Gasteiger partial charge on any atom is 0.335 e. The molecule has 0 atom stereocenters. The van der Waals surface area contributed by atoms with E-state index in [1.165, 1.54) is 0 Å². The van der Waals surface area contributed by atoms with Gasteiger partial charge in [-0.2, -0.15) is 0 Å². The van der Waals surface area contributed by atoms with Crippen LogP contribution in [0, 0.1) is 0 Å². The third kappa shape index (κ3) is 2.85. The van der Waals surface area contributed by atoms with Crippen LogP contribution in [-0.2, 0) is 5.75 Å². The number of benzene rings is 1. The smallest absolute Gasteiger partial charge is 0.335 e. The van der Waals surface area contributed by atoms with Crippen molar-refractivity contribution >= 4 is 33.7 Å². The van der Waals surface area contributed by atoms with Gasteiger partial charge in [-0.25, -0.2) is 9.48 Å². The number of aromatic nitrogens is 4. The van der Waals surface area contributed by atoms with Crippen LogP contribution in [-0.4, -0.2) is 31.3 Å². The van der Waals surface area contributed by atoms with Crippen molar-refractivity contribution in [2.75, 3.05) is 0 Å². The van der Waals surface area contributed by atoms with Crippen molar-refractivity contribution in [1.29, 1.82) is 0 Å². The van der Waals surface area contributed by atoms with Gasteiger partial charge in [0.15, 0.2) is 0 Å². The molecular formula is C12H11BrN4O2S. The number of carboxylic acids is 1. The molecule has 0 unspecified atom stereocenters. The lowest BCUT2D eigenvalue weighted by Crippen LogP contribution is -1.99. The SMILES string of the molecule is O=C(O)c1ccc(CSc2nnnn2C2CC2)c(Br)c1. The fourth-order valence-electron chi connectivity index (χ4n) is 1.77. The van der Waals surface area contributed by atoms with Gasteiger partial charge in [-0.15, -0.1) is 5.10 Å². The number of hydrogen-bond acceptors (Lipinski definition) is 5. The number of nitrogens with zero attached hydrogens (tertiary/aromatic N) is 4. The molecule has 1 aliphatic carbocycles. The number of hydrogen-bond donors (Lipinski definition) is 1. The van der Waals surface area contributed by atoms with E-state index >= 15 is 0 Å². The molecule has 8 heteroatoms. The van der Waals surface area contributed by atoms with E-state index in [4.69, 9.17) is 5.11 Å². The highest BCUT2D eigenvalue weighted by atomic mass is 79.9. The Kier molecular flexibility index (Phi) is 3.75. The molecule has 1 heterocycles. The zero-order chi connectivity index (χ0) is 14.1. The number of aromatic carboxylic acids is 1. The van der Waals surface area contributed by atoms with Gasteiger partial charge in [-0.1, -0.05) is 33.8 Å². The van der Waals surface area contributed by atoms with Crippen molar-refractivity contribution in [2.24, 2.45) is 0 Å². The molecule has 1 aromatic carbocycles. The summed E-state index contributed by atoms with van der Waals surface area (Å²) in [6, 6.07) is 5.48. The Morgan fingerprint density at radius 2 is 2.30 bits per heavy atom. The molecule has 0 saturated heterocycles. The first-order valence-corrected chi connectivity index (χ1v) is 7.85. The van der Waals surface area contributed by atoms with Crippen LogP contribution in [0.1, 0.15) is 34.8 Å². The van der Waals surface area contributed by atoms with Gasteiger partial charge in [0.05, 0.1) is 11.6 Å². The molecule has 1 aromatic heterocycles. The molecule has 1 fully saturated rings. The van der Waals surface area contributed by atoms with Crippen LogP contribution >= 0.6 is 27.7 Å². The van der Waals surface area contributed by atoms with Crippen LogP contribution in [0.2, 0.25) is 0 Å². The maximum atomic E-state index is 10.9. The first-order valence-electron chi connectivity index (χ1n) is 6.07. The standard InChI is InChI=1S/C12H11BrN4O2S/c13-10-5-7(11(18)19)1-2-8(10)6-20-12-14-15-16-17(12)9-3-4-9/h1-2,5,9H,3-4,6H2,(H,18,19). The minimum absolute atomic E-state index is 0.272. The Hall–Kier alpha value is -1.41. The molecule has 3 rings (SSSR count). The molecule has 104 valence electrons. The summed E-state index contributed by atoms with van der Waals surface area (Å²) in [4.78, 5) is 10.9. The lowest BCUT2D eigenvalue weighted by molar-refractivity contribution is 0.0697. The highest BCUT2D eigenvalue weighted by Gasteiger charge is 2.27. The molecule has 20 heavy (non-hydrogen) atoms. The van der Waals surface area contributed by atoms with Crippen molar-refractivity contribution in [3.05, 3.63) is 33.8 Å². The number of rotatable bonds is 5.